The van der Waals surface area contributed by atoms with Crippen LogP contribution >= 0.6 is 0 Å². The van der Waals surface area contributed by atoms with Gasteiger partial charge in [-0.25, -0.2) is 0 Å². The summed E-state index contributed by atoms with van der Waals surface area (Å²) in [5.74, 6) is -0.645. The third kappa shape index (κ3) is 2.41. The van der Waals surface area contributed by atoms with Crippen molar-refractivity contribution in [2.45, 2.75) is 12.8 Å². The van der Waals surface area contributed by atoms with Crippen molar-refractivity contribution in [2.75, 3.05) is 18.0 Å². The van der Waals surface area contributed by atoms with Crippen molar-refractivity contribution in [3.63, 3.8) is 0 Å². The number of benzene rings is 1. The van der Waals surface area contributed by atoms with E-state index >= 15 is 0 Å². The second kappa shape index (κ2) is 4.48. The summed E-state index contributed by atoms with van der Waals surface area (Å²) >= 11 is 0. The van der Waals surface area contributed by atoms with E-state index < -0.39 is 16.4 Å². The van der Waals surface area contributed by atoms with Gasteiger partial charge in [-0.2, -0.15) is 4.39 Å². The topological polar surface area (TPSA) is 63.5 Å². The lowest BCUT2D eigenvalue weighted by atomic mass is 10.1. The second-order valence-electron chi connectivity index (χ2n) is 3.92. The zero-order valence-corrected chi connectivity index (χ0v) is 9.06. The van der Waals surface area contributed by atoms with Gasteiger partial charge in [0.15, 0.2) is 0 Å². The quantitative estimate of drug-likeness (QED) is 0.583. The number of carbonyl (C=O) groups is 1. The molecular weight excluding hydrogens is 227 g/mol. The molecule has 5 nitrogen and oxygen atoms in total. The van der Waals surface area contributed by atoms with E-state index in [1.54, 1.807) is 0 Å². The maximum absolute atomic E-state index is 13.4. The van der Waals surface area contributed by atoms with Crippen molar-refractivity contribution in [1.29, 1.82) is 0 Å². The summed E-state index contributed by atoms with van der Waals surface area (Å²) < 4.78 is 13.4. The predicted octanol–water partition coefficient (Wildman–Crippen LogP) is 1.90. The number of nitrogens with zero attached hydrogens (tertiary/aromatic N) is 2. The minimum absolute atomic E-state index is 0.198. The largest absolute Gasteiger partial charge is 0.371 e. The molecule has 1 aromatic rings. The van der Waals surface area contributed by atoms with Gasteiger partial charge in [0, 0.05) is 43.8 Å². The maximum atomic E-state index is 13.4. The number of carbonyl (C=O) groups excluding carboxylic acids is 1. The molecule has 0 saturated carbocycles. The molecular formula is C11H11FN2O3. The van der Waals surface area contributed by atoms with E-state index in [0.717, 1.165) is 12.1 Å². The number of nitro groups is 1. The molecule has 0 bridgehead atoms. The van der Waals surface area contributed by atoms with E-state index in [1.165, 1.54) is 6.07 Å². The molecule has 17 heavy (non-hydrogen) atoms. The van der Waals surface area contributed by atoms with Crippen LogP contribution in [0.5, 0.6) is 0 Å². The first kappa shape index (κ1) is 11.5. The number of ketones is 1. The minimum atomic E-state index is -0.843. The van der Waals surface area contributed by atoms with Crippen LogP contribution in [0.1, 0.15) is 12.8 Å². The second-order valence-corrected chi connectivity index (χ2v) is 3.92. The number of hydrogen-bond acceptors (Lipinski definition) is 4. The van der Waals surface area contributed by atoms with Gasteiger partial charge in [0.25, 0.3) is 0 Å². The third-order valence-electron chi connectivity index (χ3n) is 2.81. The Kier molecular flexibility index (Phi) is 3.03. The highest BCUT2D eigenvalue weighted by Gasteiger charge is 2.20. The fourth-order valence-corrected chi connectivity index (χ4v) is 1.85. The molecule has 1 heterocycles. The molecule has 2 rings (SSSR count). The van der Waals surface area contributed by atoms with Gasteiger partial charge in [-0.05, 0) is 6.07 Å². The Hall–Kier alpha value is -1.98. The van der Waals surface area contributed by atoms with Crippen LogP contribution in [-0.2, 0) is 4.79 Å². The highest BCUT2D eigenvalue weighted by atomic mass is 19.1. The Bertz CT molecular complexity index is 466. The zero-order valence-electron chi connectivity index (χ0n) is 9.06. The van der Waals surface area contributed by atoms with E-state index in [2.05, 4.69) is 0 Å². The Morgan fingerprint density at radius 2 is 1.94 bits per heavy atom. The molecule has 1 aliphatic heterocycles. The van der Waals surface area contributed by atoms with Crippen molar-refractivity contribution in [3.8, 4) is 0 Å². The number of piperidine rings is 1. The van der Waals surface area contributed by atoms with E-state index in [1.807, 2.05) is 4.90 Å². The van der Waals surface area contributed by atoms with Crippen molar-refractivity contribution in [3.05, 3.63) is 34.1 Å². The lowest BCUT2D eigenvalue weighted by Gasteiger charge is -2.27. The lowest BCUT2D eigenvalue weighted by molar-refractivity contribution is -0.387. The molecule has 0 radical (unpaired) electrons. The third-order valence-corrected chi connectivity index (χ3v) is 2.81. The summed E-state index contributed by atoms with van der Waals surface area (Å²) in [4.78, 5) is 22.6. The van der Waals surface area contributed by atoms with Crippen molar-refractivity contribution in [2.24, 2.45) is 0 Å². The number of Topliss-reactive ketones (excluding diaryl/α,β-unsaturated/α-hetero) is 1. The van der Waals surface area contributed by atoms with Crippen LogP contribution in [-0.4, -0.2) is 23.8 Å². The van der Waals surface area contributed by atoms with Crippen molar-refractivity contribution < 1.29 is 14.1 Å². The Morgan fingerprint density at radius 3 is 2.47 bits per heavy atom. The van der Waals surface area contributed by atoms with Gasteiger partial charge in [0.1, 0.15) is 5.78 Å². The number of nitro benzene ring substituents is 1. The minimum Gasteiger partial charge on any atom is -0.371 e. The summed E-state index contributed by atoms with van der Waals surface area (Å²) in [6.07, 6.45) is 0.886. The predicted molar refractivity (Wildman–Crippen MR) is 59.5 cm³/mol. The Balaban J connectivity index is 2.20. The monoisotopic (exact) mass is 238 g/mol. The standard InChI is InChI=1S/C11H11FN2O3/c12-10-7-8(1-2-11(10)14(16)17)13-5-3-9(15)4-6-13/h1-2,7H,3-6H2. The molecule has 0 unspecified atom stereocenters. The maximum Gasteiger partial charge on any atom is 0.304 e. The summed E-state index contributed by atoms with van der Waals surface area (Å²) in [6.45, 7) is 1.08. The van der Waals surface area contributed by atoms with Gasteiger partial charge in [-0.3, -0.25) is 14.9 Å². The Morgan fingerprint density at radius 1 is 1.29 bits per heavy atom. The summed E-state index contributed by atoms with van der Waals surface area (Å²) in [5, 5.41) is 10.5. The molecule has 1 fully saturated rings. The molecule has 0 amide bonds. The first-order chi connectivity index (χ1) is 8.08. The molecule has 0 spiro atoms. The average molecular weight is 238 g/mol. The van der Waals surface area contributed by atoms with Crippen LogP contribution in [0.4, 0.5) is 15.8 Å². The first-order valence-corrected chi connectivity index (χ1v) is 5.28. The van der Waals surface area contributed by atoms with Gasteiger partial charge >= 0.3 is 5.69 Å². The van der Waals surface area contributed by atoms with Gasteiger partial charge in [-0.1, -0.05) is 0 Å². The van der Waals surface area contributed by atoms with Gasteiger partial charge in [-0.15, -0.1) is 0 Å². The van der Waals surface area contributed by atoms with Crippen LogP contribution in [0, 0.1) is 15.9 Å². The average Bonchev–Trinajstić information content (AvgIpc) is 2.29. The molecule has 6 heteroatoms. The molecule has 0 atom stereocenters. The number of rotatable bonds is 2. The van der Waals surface area contributed by atoms with Crippen LogP contribution in [0.15, 0.2) is 18.2 Å². The number of halogens is 1. The van der Waals surface area contributed by atoms with Crippen molar-refractivity contribution >= 4 is 17.2 Å². The fraction of sp³-hybridized carbons (Fsp3) is 0.364. The highest BCUT2D eigenvalue weighted by molar-refractivity contribution is 5.81. The molecule has 0 aromatic heterocycles. The SMILES string of the molecule is O=C1CCN(c2ccc([N+](=O)[O-])c(F)c2)CC1. The summed E-state index contributed by atoms with van der Waals surface area (Å²) in [6, 6.07) is 3.81. The van der Waals surface area contributed by atoms with E-state index in [-0.39, 0.29) is 5.78 Å². The summed E-state index contributed by atoms with van der Waals surface area (Å²) in [7, 11) is 0. The molecule has 1 saturated heterocycles. The Labute approximate surface area is 97.0 Å². The van der Waals surface area contributed by atoms with Crippen LogP contribution in [0.2, 0.25) is 0 Å². The van der Waals surface area contributed by atoms with Crippen LogP contribution in [0.3, 0.4) is 0 Å². The van der Waals surface area contributed by atoms with Crippen LogP contribution < -0.4 is 4.90 Å². The molecule has 1 aromatic carbocycles. The first-order valence-electron chi connectivity index (χ1n) is 5.28. The van der Waals surface area contributed by atoms with Gasteiger partial charge in [0.05, 0.1) is 4.92 Å². The van der Waals surface area contributed by atoms with Crippen LogP contribution in [0.25, 0.3) is 0 Å². The molecule has 0 aliphatic carbocycles. The van der Waals surface area contributed by atoms with Gasteiger partial charge in [0.2, 0.25) is 5.82 Å². The molecule has 1 aliphatic rings. The summed E-state index contributed by atoms with van der Waals surface area (Å²) in [5.41, 5.74) is 0.0578. The zero-order chi connectivity index (χ0) is 12.4. The van der Waals surface area contributed by atoms with E-state index in [0.29, 0.717) is 31.6 Å². The number of anilines is 1. The molecule has 90 valence electrons. The fourth-order valence-electron chi connectivity index (χ4n) is 1.85. The van der Waals surface area contributed by atoms with Crippen molar-refractivity contribution in [1.82, 2.24) is 0 Å². The smallest absolute Gasteiger partial charge is 0.304 e. The van der Waals surface area contributed by atoms with Gasteiger partial charge < -0.3 is 4.90 Å². The van der Waals surface area contributed by atoms with E-state index in [4.69, 9.17) is 0 Å². The molecule has 0 N–H and O–H groups in total. The highest BCUT2D eigenvalue weighted by Crippen LogP contribution is 2.25. The normalized spacial score (nSPS) is 16.1. The van der Waals surface area contributed by atoms with E-state index in [9.17, 15) is 19.3 Å². The number of hydrogen-bond donors (Lipinski definition) is 0. The lowest BCUT2D eigenvalue weighted by Crippen LogP contribution is -2.33.